The fourth-order valence-corrected chi connectivity index (χ4v) is 3.64. The first-order valence-electron chi connectivity index (χ1n) is 7.35. The Morgan fingerprint density at radius 2 is 1.91 bits per heavy atom. The van der Waals surface area contributed by atoms with Gasteiger partial charge in [-0.25, -0.2) is 0 Å². The van der Waals surface area contributed by atoms with Crippen LogP contribution < -0.4 is 14.8 Å². The van der Waals surface area contributed by atoms with Crippen LogP contribution >= 0.6 is 11.8 Å². The van der Waals surface area contributed by atoms with Crippen LogP contribution in [0.25, 0.3) is 0 Å². The summed E-state index contributed by atoms with van der Waals surface area (Å²) in [6.45, 7) is 4.73. The molecule has 1 aliphatic rings. The van der Waals surface area contributed by atoms with Crippen molar-refractivity contribution in [3.8, 4) is 11.5 Å². The minimum atomic E-state index is -0.764. The molecule has 2 rings (SSSR count). The van der Waals surface area contributed by atoms with Crippen LogP contribution in [0.3, 0.4) is 0 Å². The molecule has 22 heavy (non-hydrogen) atoms. The summed E-state index contributed by atoms with van der Waals surface area (Å²) in [7, 11) is 3.26. The van der Waals surface area contributed by atoms with E-state index >= 15 is 0 Å². The quantitative estimate of drug-likeness (QED) is 0.784. The average Bonchev–Trinajstić information content (AvgIpc) is 2.95. The van der Waals surface area contributed by atoms with Crippen molar-refractivity contribution in [2.45, 2.75) is 36.5 Å². The second-order valence-corrected chi connectivity index (χ2v) is 7.29. The molecule has 0 bridgehead atoms. The largest absolute Gasteiger partial charge is 0.496 e. The van der Waals surface area contributed by atoms with E-state index in [1.54, 1.807) is 26.0 Å². The molecule has 1 aromatic rings. The number of ether oxygens (including phenoxy) is 2. The lowest BCUT2D eigenvalue weighted by atomic mass is 9.98. The van der Waals surface area contributed by atoms with E-state index in [2.05, 4.69) is 19.2 Å². The third-order valence-electron chi connectivity index (χ3n) is 3.72. The summed E-state index contributed by atoms with van der Waals surface area (Å²) >= 11 is 1.74. The Morgan fingerprint density at radius 3 is 2.32 bits per heavy atom. The van der Waals surface area contributed by atoms with Crippen molar-refractivity contribution in [1.29, 1.82) is 0 Å². The van der Waals surface area contributed by atoms with Crippen LogP contribution in [0.15, 0.2) is 17.0 Å². The number of hydrogen-bond acceptors (Lipinski definition) is 5. The van der Waals surface area contributed by atoms with E-state index in [1.807, 2.05) is 12.1 Å². The summed E-state index contributed by atoms with van der Waals surface area (Å²) in [5.74, 6) is 0.348. The Kier molecular flexibility index (Phi) is 5.58. The molecule has 2 unspecified atom stereocenters. The minimum Gasteiger partial charge on any atom is -0.496 e. The van der Waals surface area contributed by atoms with Gasteiger partial charge in [0.05, 0.1) is 25.7 Å². The summed E-state index contributed by atoms with van der Waals surface area (Å²) in [4.78, 5) is 12.2. The van der Waals surface area contributed by atoms with Crippen molar-refractivity contribution in [2.75, 3.05) is 20.8 Å². The average molecular weight is 325 g/mol. The summed E-state index contributed by atoms with van der Waals surface area (Å²) in [6, 6.07) is 3.93. The Labute approximate surface area is 135 Å². The Balaban J connectivity index is 2.35. The van der Waals surface area contributed by atoms with Gasteiger partial charge in [0.2, 0.25) is 0 Å². The predicted octanol–water partition coefficient (Wildman–Crippen LogP) is 2.94. The number of benzene rings is 1. The van der Waals surface area contributed by atoms with Gasteiger partial charge in [-0.2, -0.15) is 0 Å². The number of aliphatic carboxylic acids is 1. The van der Waals surface area contributed by atoms with Crippen molar-refractivity contribution in [3.05, 3.63) is 17.7 Å². The van der Waals surface area contributed by atoms with Gasteiger partial charge in [0.15, 0.2) is 0 Å². The van der Waals surface area contributed by atoms with E-state index in [1.165, 1.54) is 0 Å². The molecule has 2 atom stereocenters. The van der Waals surface area contributed by atoms with Gasteiger partial charge in [0.1, 0.15) is 11.5 Å². The molecule has 0 amide bonds. The van der Waals surface area contributed by atoms with Gasteiger partial charge < -0.3 is 19.9 Å². The Bertz CT molecular complexity index is 522. The lowest BCUT2D eigenvalue weighted by Gasteiger charge is -2.20. The fraction of sp³-hybridized carbons (Fsp3) is 0.562. The van der Waals surface area contributed by atoms with E-state index in [9.17, 15) is 4.79 Å². The highest BCUT2D eigenvalue weighted by atomic mass is 32.2. The SMILES string of the molecule is COc1cc(SC(C)C)cc(OC)c1C1CC(C(=O)O)CN1. The molecule has 6 heteroatoms. The van der Waals surface area contributed by atoms with Gasteiger partial charge >= 0.3 is 5.97 Å². The molecule has 1 heterocycles. The van der Waals surface area contributed by atoms with Crippen molar-refractivity contribution in [1.82, 2.24) is 5.32 Å². The Hall–Kier alpha value is -1.40. The summed E-state index contributed by atoms with van der Waals surface area (Å²) in [5, 5.41) is 12.9. The molecule has 122 valence electrons. The lowest BCUT2D eigenvalue weighted by molar-refractivity contribution is -0.141. The fourth-order valence-electron chi connectivity index (χ4n) is 2.74. The molecule has 5 nitrogen and oxygen atoms in total. The van der Waals surface area contributed by atoms with Gasteiger partial charge in [-0.15, -0.1) is 11.8 Å². The second kappa shape index (κ2) is 7.24. The van der Waals surface area contributed by atoms with Crippen molar-refractivity contribution in [2.24, 2.45) is 5.92 Å². The number of thioether (sulfide) groups is 1. The monoisotopic (exact) mass is 325 g/mol. The van der Waals surface area contributed by atoms with Crippen LogP contribution in [0.4, 0.5) is 0 Å². The molecule has 0 aliphatic carbocycles. The van der Waals surface area contributed by atoms with Crippen LogP contribution in [0.1, 0.15) is 31.9 Å². The first-order valence-corrected chi connectivity index (χ1v) is 8.23. The van der Waals surface area contributed by atoms with Crippen LogP contribution in [0.5, 0.6) is 11.5 Å². The van der Waals surface area contributed by atoms with Gasteiger partial charge in [0.25, 0.3) is 0 Å². The van der Waals surface area contributed by atoms with Gasteiger partial charge in [-0.05, 0) is 18.6 Å². The summed E-state index contributed by atoms with van der Waals surface area (Å²) in [6.07, 6.45) is 0.540. The number of nitrogens with one attached hydrogen (secondary N) is 1. The van der Waals surface area contributed by atoms with Gasteiger partial charge in [0, 0.05) is 22.7 Å². The number of carboxylic acids is 1. The maximum absolute atomic E-state index is 11.2. The highest BCUT2D eigenvalue weighted by Crippen LogP contribution is 2.42. The molecule has 1 saturated heterocycles. The highest BCUT2D eigenvalue weighted by molar-refractivity contribution is 7.99. The van der Waals surface area contributed by atoms with Crippen molar-refractivity contribution < 1.29 is 19.4 Å². The van der Waals surface area contributed by atoms with E-state index in [4.69, 9.17) is 14.6 Å². The lowest BCUT2D eigenvalue weighted by Crippen LogP contribution is -2.18. The normalized spacial score (nSPS) is 21.1. The van der Waals surface area contributed by atoms with Crippen LogP contribution in [-0.2, 0) is 4.79 Å². The summed E-state index contributed by atoms with van der Waals surface area (Å²) in [5.41, 5.74) is 0.904. The third kappa shape index (κ3) is 3.67. The molecule has 0 spiro atoms. The van der Waals surface area contributed by atoms with Gasteiger partial charge in [-0.3, -0.25) is 4.79 Å². The number of carboxylic acid groups (broad SMARTS) is 1. The van der Waals surface area contributed by atoms with Crippen LogP contribution in [-0.4, -0.2) is 37.1 Å². The molecular formula is C16H23NO4S. The highest BCUT2D eigenvalue weighted by Gasteiger charge is 2.33. The number of methoxy groups -OCH3 is 2. The molecular weight excluding hydrogens is 302 g/mol. The van der Waals surface area contributed by atoms with E-state index in [0.29, 0.717) is 18.2 Å². The topological polar surface area (TPSA) is 67.8 Å². The molecule has 1 aromatic carbocycles. The first kappa shape index (κ1) is 17.0. The molecule has 1 fully saturated rings. The second-order valence-electron chi connectivity index (χ2n) is 5.64. The molecule has 1 aliphatic heterocycles. The van der Waals surface area contributed by atoms with Crippen molar-refractivity contribution >= 4 is 17.7 Å². The molecule has 2 N–H and O–H groups in total. The van der Waals surface area contributed by atoms with E-state index in [-0.39, 0.29) is 12.0 Å². The molecule has 0 saturated carbocycles. The number of hydrogen-bond donors (Lipinski definition) is 2. The molecule has 0 radical (unpaired) electrons. The molecule has 0 aromatic heterocycles. The predicted molar refractivity (Wildman–Crippen MR) is 87.0 cm³/mol. The zero-order valence-electron chi connectivity index (χ0n) is 13.4. The van der Waals surface area contributed by atoms with Gasteiger partial charge in [-0.1, -0.05) is 13.8 Å². The van der Waals surface area contributed by atoms with Crippen LogP contribution in [0.2, 0.25) is 0 Å². The first-order chi connectivity index (χ1) is 10.5. The van der Waals surface area contributed by atoms with Crippen molar-refractivity contribution in [3.63, 3.8) is 0 Å². The zero-order valence-corrected chi connectivity index (χ0v) is 14.2. The number of rotatable bonds is 6. The standard InChI is InChI=1S/C16H23NO4S/c1-9(2)22-11-6-13(20-3)15(14(7-11)21-4)12-5-10(8-17-12)16(18)19/h6-7,9-10,12,17H,5,8H2,1-4H3,(H,18,19). The third-order valence-corrected chi connectivity index (χ3v) is 4.70. The van der Waals surface area contributed by atoms with E-state index in [0.717, 1.165) is 22.0 Å². The minimum absolute atomic E-state index is 0.0656. The zero-order chi connectivity index (χ0) is 16.3. The van der Waals surface area contributed by atoms with Crippen LogP contribution in [0, 0.1) is 5.92 Å². The maximum atomic E-state index is 11.2. The smallest absolute Gasteiger partial charge is 0.307 e. The van der Waals surface area contributed by atoms with E-state index < -0.39 is 5.97 Å². The Morgan fingerprint density at radius 1 is 1.32 bits per heavy atom. The number of carbonyl (C=O) groups is 1. The maximum Gasteiger partial charge on any atom is 0.307 e. The summed E-state index contributed by atoms with van der Waals surface area (Å²) < 4.78 is 11.1.